The van der Waals surface area contributed by atoms with Crippen molar-refractivity contribution < 1.29 is 18.2 Å². The number of nitrogens with two attached hydrogens (primary N) is 1. The maximum absolute atomic E-state index is 11.0. The van der Waals surface area contributed by atoms with E-state index in [0.29, 0.717) is 0 Å². The Morgan fingerprint density at radius 3 is 2.67 bits per heavy atom. The van der Waals surface area contributed by atoms with E-state index in [2.05, 4.69) is 16.7 Å². The van der Waals surface area contributed by atoms with Crippen molar-refractivity contribution in [3.63, 3.8) is 0 Å². The molecule has 0 aliphatic rings. The highest BCUT2D eigenvalue weighted by Gasteiger charge is 2.18. The highest BCUT2D eigenvalue weighted by atomic mass is 35.7. The molecule has 0 bridgehead atoms. The SMILES string of the molecule is NOCC#Cc1ccc(S(=O)(=O)Cl)cc1[N+](=O)[O-]. The third kappa shape index (κ3) is 3.68. The molecule has 0 saturated carbocycles. The van der Waals surface area contributed by atoms with Crippen LogP contribution < -0.4 is 5.90 Å². The van der Waals surface area contributed by atoms with Gasteiger partial charge in [-0.3, -0.25) is 15.0 Å². The molecule has 1 rings (SSSR count). The first-order valence-corrected chi connectivity index (χ1v) is 6.71. The molecule has 96 valence electrons. The first kappa shape index (κ1) is 14.4. The van der Waals surface area contributed by atoms with E-state index >= 15 is 0 Å². The number of halogens is 1. The van der Waals surface area contributed by atoms with Crippen LogP contribution in [0.3, 0.4) is 0 Å². The second-order valence-corrected chi connectivity index (χ2v) is 5.55. The van der Waals surface area contributed by atoms with Crippen molar-refractivity contribution in [3.8, 4) is 11.8 Å². The summed E-state index contributed by atoms with van der Waals surface area (Å²) in [6, 6.07) is 3.16. The summed E-state index contributed by atoms with van der Waals surface area (Å²) < 4.78 is 22.1. The van der Waals surface area contributed by atoms with Gasteiger partial charge in [-0.05, 0) is 12.1 Å². The first-order chi connectivity index (χ1) is 8.36. The zero-order valence-electron chi connectivity index (χ0n) is 8.79. The number of benzene rings is 1. The van der Waals surface area contributed by atoms with Crippen LogP contribution in [0.1, 0.15) is 5.56 Å². The van der Waals surface area contributed by atoms with Gasteiger partial charge in [0.1, 0.15) is 12.2 Å². The predicted octanol–water partition coefficient (Wildman–Crippen LogP) is 0.764. The van der Waals surface area contributed by atoms with Crippen molar-refractivity contribution in [2.45, 2.75) is 4.90 Å². The number of hydrogen-bond acceptors (Lipinski definition) is 6. The second-order valence-electron chi connectivity index (χ2n) is 2.99. The topological polar surface area (TPSA) is 113 Å². The van der Waals surface area contributed by atoms with E-state index in [0.717, 1.165) is 12.1 Å². The predicted molar refractivity (Wildman–Crippen MR) is 63.2 cm³/mol. The summed E-state index contributed by atoms with van der Waals surface area (Å²) in [5.41, 5.74) is -0.414. The fourth-order valence-electron chi connectivity index (χ4n) is 1.09. The highest BCUT2D eigenvalue weighted by molar-refractivity contribution is 8.13. The van der Waals surface area contributed by atoms with Crippen molar-refractivity contribution in [2.24, 2.45) is 5.90 Å². The average Bonchev–Trinajstić information content (AvgIpc) is 2.28. The van der Waals surface area contributed by atoms with E-state index in [9.17, 15) is 18.5 Å². The summed E-state index contributed by atoms with van der Waals surface area (Å²) in [6.07, 6.45) is 0. The van der Waals surface area contributed by atoms with E-state index in [1.807, 2.05) is 0 Å². The molecule has 0 amide bonds. The molecular formula is C9H7ClN2O5S. The highest BCUT2D eigenvalue weighted by Crippen LogP contribution is 2.24. The van der Waals surface area contributed by atoms with Crippen LogP contribution in [0.4, 0.5) is 5.69 Å². The van der Waals surface area contributed by atoms with Crippen LogP contribution in [0.15, 0.2) is 23.1 Å². The Bertz CT molecular complexity index is 632. The van der Waals surface area contributed by atoms with Gasteiger partial charge in [0.15, 0.2) is 0 Å². The van der Waals surface area contributed by atoms with Gasteiger partial charge in [0.05, 0.1) is 9.82 Å². The molecule has 0 heterocycles. The van der Waals surface area contributed by atoms with Crippen LogP contribution in [-0.2, 0) is 13.9 Å². The molecule has 1 aromatic carbocycles. The molecular weight excluding hydrogens is 284 g/mol. The quantitative estimate of drug-likeness (QED) is 0.381. The van der Waals surface area contributed by atoms with E-state index in [4.69, 9.17) is 16.6 Å². The Kier molecular flexibility index (Phi) is 4.63. The van der Waals surface area contributed by atoms with Crippen LogP contribution in [0.5, 0.6) is 0 Å². The summed E-state index contributed by atoms with van der Waals surface area (Å²) in [5, 5.41) is 10.8. The fourth-order valence-corrected chi connectivity index (χ4v) is 1.86. The lowest BCUT2D eigenvalue weighted by molar-refractivity contribution is -0.385. The van der Waals surface area contributed by atoms with Crippen molar-refractivity contribution in [1.29, 1.82) is 0 Å². The van der Waals surface area contributed by atoms with E-state index in [1.54, 1.807) is 0 Å². The van der Waals surface area contributed by atoms with Crippen molar-refractivity contribution in [3.05, 3.63) is 33.9 Å². The summed E-state index contributed by atoms with van der Waals surface area (Å²) in [4.78, 5) is 13.8. The first-order valence-electron chi connectivity index (χ1n) is 4.40. The fraction of sp³-hybridized carbons (Fsp3) is 0.111. The lowest BCUT2D eigenvalue weighted by Crippen LogP contribution is -1.99. The standard InChI is InChI=1S/C9H7ClN2O5S/c10-18(15,16)8-4-3-7(2-1-5-17-11)9(6-8)12(13)14/h3-4,6H,5,11H2. The molecule has 7 nitrogen and oxygen atoms in total. The number of nitro benzene ring substituents is 1. The minimum Gasteiger partial charge on any atom is -0.292 e. The van der Waals surface area contributed by atoms with Crippen LogP contribution in [0.2, 0.25) is 0 Å². The Hall–Kier alpha value is -1.66. The molecule has 9 heteroatoms. The van der Waals surface area contributed by atoms with Gasteiger partial charge >= 0.3 is 0 Å². The molecule has 0 spiro atoms. The van der Waals surface area contributed by atoms with Gasteiger partial charge in [0.25, 0.3) is 14.7 Å². The van der Waals surface area contributed by atoms with Crippen LogP contribution >= 0.6 is 10.7 Å². The third-order valence-corrected chi connectivity index (χ3v) is 3.18. The number of nitrogens with zero attached hydrogens (tertiary/aromatic N) is 1. The molecule has 0 fully saturated rings. The normalized spacial score (nSPS) is 10.6. The van der Waals surface area contributed by atoms with Gasteiger partial charge in [0.2, 0.25) is 0 Å². The molecule has 2 N–H and O–H groups in total. The maximum atomic E-state index is 11.0. The Balaban J connectivity index is 3.31. The lowest BCUT2D eigenvalue weighted by atomic mass is 10.2. The van der Waals surface area contributed by atoms with Gasteiger partial charge in [-0.1, -0.05) is 11.8 Å². The van der Waals surface area contributed by atoms with Crippen LogP contribution in [0.25, 0.3) is 0 Å². The third-order valence-electron chi connectivity index (χ3n) is 1.83. The monoisotopic (exact) mass is 290 g/mol. The van der Waals surface area contributed by atoms with Crippen molar-refractivity contribution >= 4 is 25.4 Å². The Morgan fingerprint density at radius 2 is 2.17 bits per heavy atom. The van der Waals surface area contributed by atoms with E-state index in [-0.39, 0.29) is 17.1 Å². The molecule has 0 atom stereocenters. The van der Waals surface area contributed by atoms with Gasteiger partial charge < -0.3 is 0 Å². The number of rotatable bonds is 3. The van der Waals surface area contributed by atoms with E-state index in [1.165, 1.54) is 6.07 Å². The molecule has 0 unspecified atom stereocenters. The summed E-state index contributed by atoms with van der Waals surface area (Å²) >= 11 is 0. The smallest absolute Gasteiger partial charge is 0.286 e. The Morgan fingerprint density at radius 1 is 1.50 bits per heavy atom. The maximum Gasteiger partial charge on any atom is 0.286 e. The second kappa shape index (κ2) is 5.79. The minimum atomic E-state index is -4.03. The Labute approximate surface area is 107 Å². The molecule has 0 aromatic heterocycles. The van der Waals surface area contributed by atoms with Crippen LogP contribution in [-0.4, -0.2) is 19.9 Å². The minimum absolute atomic E-state index is 0.0427. The molecule has 0 aliphatic carbocycles. The zero-order valence-corrected chi connectivity index (χ0v) is 10.4. The van der Waals surface area contributed by atoms with Crippen LogP contribution in [0, 0.1) is 22.0 Å². The molecule has 0 radical (unpaired) electrons. The summed E-state index contributed by atoms with van der Waals surface area (Å²) in [6.45, 7) is -0.104. The van der Waals surface area contributed by atoms with Gasteiger partial charge in [-0.15, -0.1) is 0 Å². The van der Waals surface area contributed by atoms with Crippen molar-refractivity contribution in [1.82, 2.24) is 0 Å². The number of hydrogen-bond donors (Lipinski definition) is 1. The molecule has 0 aliphatic heterocycles. The molecule has 18 heavy (non-hydrogen) atoms. The largest absolute Gasteiger partial charge is 0.292 e. The molecule has 1 aromatic rings. The van der Waals surface area contributed by atoms with E-state index < -0.39 is 19.7 Å². The van der Waals surface area contributed by atoms with Gasteiger partial charge in [-0.25, -0.2) is 14.3 Å². The van der Waals surface area contributed by atoms with Gasteiger partial charge in [0, 0.05) is 16.7 Å². The summed E-state index contributed by atoms with van der Waals surface area (Å²) in [5.74, 6) is 9.60. The zero-order chi connectivity index (χ0) is 13.8. The number of nitro groups is 1. The average molecular weight is 291 g/mol. The lowest BCUT2D eigenvalue weighted by Gasteiger charge is -1.98. The summed E-state index contributed by atoms with van der Waals surface area (Å²) in [7, 11) is 1.07. The molecule has 0 saturated heterocycles. The van der Waals surface area contributed by atoms with Crippen molar-refractivity contribution in [2.75, 3.05) is 6.61 Å². The van der Waals surface area contributed by atoms with Gasteiger partial charge in [-0.2, -0.15) is 0 Å².